The number of hydrogen-bond acceptors (Lipinski definition) is 4. The number of sulfonamides is 1. The Hall–Kier alpha value is -0.430. The van der Waals surface area contributed by atoms with E-state index >= 15 is 0 Å². The Morgan fingerprint density at radius 2 is 2.00 bits per heavy atom. The summed E-state index contributed by atoms with van der Waals surface area (Å²) >= 11 is 1.52. The van der Waals surface area contributed by atoms with Crippen LogP contribution in [0.1, 0.15) is 50.3 Å². The molecule has 0 aromatic carbocycles. The summed E-state index contributed by atoms with van der Waals surface area (Å²) in [6, 6.07) is 2.49. The van der Waals surface area contributed by atoms with Crippen molar-refractivity contribution in [3.8, 4) is 0 Å². The minimum atomic E-state index is -3.37. The van der Waals surface area contributed by atoms with Gasteiger partial charge in [0, 0.05) is 28.9 Å². The van der Waals surface area contributed by atoms with Crippen molar-refractivity contribution >= 4 is 21.4 Å². The Bertz CT molecular complexity index is 572. The first kappa shape index (κ1) is 15.5. The number of rotatable bonds is 7. The van der Waals surface area contributed by atoms with Gasteiger partial charge in [0.2, 0.25) is 10.0 Å². The maximum atomic E-state index is 12.4. The molecule has 2 N–H and O–H groups in total. The molecule has 0 spiro atoms. The molecule has 4 nitrogen and oxygen atoms in total. The highest BCUT2D eigenvalue weighted by molar-refractivity contribution is 7.89. The second-order valence-electron chi connectivity index (χ2n) is 6.36. The summed E-state index contributed by atoms with van der Waals surface area (Å²) in [6.45, 7) is 2.78. The first-order valence-corrected chi connectivity index (χ1v) is 10.2. The number of hydrogen-bond donors (Lipinski definition) is 2. The average Bonchev–Trinajstić information content (AvgIpc) is 2.96. The van der Waals surface area contributed by atoms with Crippen molar-refractivity contribution in [2.45, 2.75) is 69.0 Å². The van der Waals surface area contributed by atoms with E-state index in [9.17, 15) is 8.42 Å². The second kappa shape index (κ2) is 6.36. The van der Waals surface area contributed by atoms with Crippen molar-refractivity contribution in [3.05, 3.63) is 16.3 Å². The molecule has 1 aromatic heterocycles. The van der Waals surface area contributed by atoms with Crippen LogP contribution in [0.2, 0.25) is 0 Å². The molecule has 6 heteroatoms. The third kappa shape index (κ3) is 4.06. The van der Waals surface area contributed by atoms with Gasteiger partial charge in [0.15, 0.2) is 0 Å². The van der Waals surface area contributed by atoms with E-state index in [1.54, 1.807) is 5.38 Å². The summed E-state index contributed by atoms with van der Waals surface area (Å²) in [5.41, 5.74) is 0. The molecular formula is C15H24N2O2S2. The lowest BCUT2D eigenvalue weighted by atomic mass is 10.0. The standard InChI is InChI=1S/C15H24N2O2S2/c1-11(12-4-2-3-5-12)17-21(18,19)15-8-14(20-10-15)9-16-13-6-7-13/h8,10-13,16-17H,2-7,9H2,1H3. The Balaban J connectivity index is 1.60. The van der Waals surface area contributed by atoms with Crippen LogP contribution in [0, 0.1) is 5.92 Å². The molecule has 0 saturated heterocycles. The molecule has 1 aromatic rings. The third-order valence-corrected chi connectivity index (χ3v) is 7.15. The fourth-order valence-electron chi connectivity index (χ4n) is 2.99. The van der Waals surface area contributed by atoms with Gasteiger partial charge in [0.25, 0.3) is 0 Å². The van der Waals surface area contributed by atoms with Gasteiger partial charge in [-0.05, 0) is 44.6 Å². The molecule has 21 heavy (non-hydrogen) atoms. The monoisotopic (exact) mass is 328 g/mol. The first-order chi connectivity index (χ1) is 10.0. The van der Waals surface area contributed by atoms with Crippen molar-refractivity contribution in [2.24, 2.45) is 5.92 Å². The quantitative estimate of drug-likeness (QED) is 0.809. The van der Waals surface area contributed by atoms with Crippen LogP contribution in [0.3, 0.4) is 0 Å². The Morgan fingerprint density at radius 3 is 2.67 bits per heavy atom. The zero-order valence-corrected chi connectivity index (χ0v) is 14.1. The number of nitrogens with one attached hydrogen (secondary N) is 2. The van der Waals surface area contributed by atoms with E-state index in [1.165, 1.54) is 37.0 Å². The third-order valence-electron chi connectivity index (χ3n) is 4.53. The van der Waals surface area contributed by atoms with Crippen molar-refractivity contribution in [2.75, 3.05) is 0 Å². The van der Waals surface area contributed by atoms with E-state index < -0.39 is 10.0 Å². The highest BCUT2D eigenvalue weighted by Crippen LogP contribution is 2.29. The topological polar surface area (TPSA) is 58.2 Å². The van der Waals surface area contributed by atoms with E-state index in [0.717, 1.165) is 24.3 Å². The van der Waals surface area contributed by atoms with Crippen LogP contribution in [0.25, 0.3) is 0 Å². The Kier molecular flexibility index (Phi) is 4.69. The summed E-state index contributed by atoms with van der Waals surface area (Å²) in [5.74, 6) is 0.495. The van der Waals surface area contributed by atoms with Gasteiger partial charge in [0.05, 0.1) is 4.90 Å². The summed E-state index contributed by atoms with van der Waals surface area (Å²) in [5, 5.41) is 5.18. The number of thiophene rings is 1. The molecule has 3 rings (SSSR count). The smallest absolute Gasteiger partial charge is 0.241 e. The molecule has 2 aliphatic rings. The Morgan fingerprint density at radius 1 is 1.29 bits per heavy atom. The highest BCUT2D eigenvalue weighted by atomic mass is 32.2. The van der Waals surface area contributed by atoms with E-state index in [-0.39, 0.29) is 6.04 Å². The van der Waals surface area contributed by atoms with Gasteiger partial charge in [-0.15, -0.1) is 11.3 Å². The fraction of sp³-hybridized carbons (Fsp3) is 0.733. The summed E-state index contributed by atoms with van der Waals surface area (Å²) in [6.07, 6.45) is 7.24. The molecule has 1 heterocycles. The van der Waals surface area contributed by atoms with Crippen molar-refractivity contribution in [1.82, 2.24) is 10.0 Å². The van der Waals surface area contributed by atoms with Crippen LogP contribution in [0.4, 0.5) is 0 Å². The van der Waals surface area contributed by atoms with E-state index in [0.29, 0.717) is 16.9 Å². The lowest BCUT2D eigenvalue weighted by Crippen LogP contribution is -2.37. The molecular weight excluding hydrogens is 304 g/mol. The molecule has 1 atom stereocenters. The van der Waals surface area contributed by atoms with Crippen molar-refractivity contribution in [3.63, 3.8) is 0 Å². The molecule has 0 radical (unpaired) electrons. The molecule has 118 valence electrons. The van der Waals surface area contributed by atoms with E-state index in [1.807, 2.05) is 13.0 Å². The highest BCUT2D eigenvalue weighted by Gasteiger charge is 2.27. The van der Waals surface area contributed by atoms with Gasteiger partial charge in [-0.1, -0.05) is 12.8 Å². The predicted molar refractivity (Wildman–Crippen MR) is 85.9 cm³/mol. The Labute approximate surface area is 131 Å². The van der Waals surface area contributed by atoms with Crippen molar-refractivity contribution in [1.29, 1.82) is 0 Å². The lowest BCUT2D eigenvalue weighted by molar-refractivity contribution is 0.424. The van der Waals surface area contributed by atoms with Crippen LogP contribution >= 0.6 is 11.3 Å². The largest absolute Gasteiger partial charge is 0.309 e. The predicted octanol–water partition coefficient (Wildman–Crippen LogP) is 2.86. The first-order valence-electron chi connectivity index (χ1n) is 7.88. The van der Waals surface area contributed by atoms with Gasteiger partial charge < -0.3 is 5.32 Å². The normalized spacial score (nSPS) is 21.8. The minimum absolute atomic E-state index is 0.0328. The van der Waals surface area contributed by atoms with Gasteiger partial charge in [-0.2, -0.15) is 0 Å². The molecule has 0 aliphatic heterocycles. The van der Waals surface area contributed by atoms with Crippen LogP contribution in [0.15, 0.2) is 16.3 Å². The molecule has 0 amide bonds. The SMILES string of the molecule is CC(NS(=O)(=O)c1csc(CNC2CC2)c1)C1CCCC1. The summed E-state index contributed by atoms with van der Waals surface area (Å²) < 4.78 is 27.7. The molecule has 2 aliphatic carbocycles. The van der Waals surface area contributed by atoms with Gasteiger partial charge in [-0.3, -0.25) is 0 Å². The average molecular weight is 329 g/mol. The van der Waals surface area contributed by atoms with Crippen molar-refractivity contribution < 1.29 is 8.42 Å². The zero-order chi connectivity index (χ0) is 14.9. The van der Waals surface area contributed by atoms with E-state index in [4.69, 9.17) is 0 Å². The fourth-order valence-corrected chi connectivity index (χ4v) is 5.53. The second-order valence-corrected chi connectivity index (χ2v) is 9.07. The zero-order valence-electron chi connectivity index (χ0n) is 12.5. The molecule has 2 saturated carbocycles. The van der Waals surface area contributed by atoms with Crippen LogP contribution in [-0.4, -0.2) is 20.5 Å². The molecule has 1 unspecified atom stereocenters. The van der Waals surface area contributed by atoms with Gasteiger partial charge in [0.1, 0.15) is 0 Å². The van der Waals surface area contributed by atoms with Crippen LogP contribution in [-0.2, 0) is 16.6 Å². The maximum absolute atomic E-state index is 12.4. The maximum Gasteiger partial charge on any atom is 0.241 e. The van der Waals surface area contributed by atoms with Gasteiger partial charge in [-0.25, -0.2) is 13.1 Å². The lowest BCUT2D eigenvalue weighted by Gasteiger charge is -2.19. The summed E-state index contributed by atoms with van der Waals surface area (Å²) in [4.78, 5) is 1.51. The minimum Gasteiger partial charge on any atom is -0.309 e. The molecule has 2 fully saturated rings. The molecule has 0 bridgehead atoms. The van der Waals surface area contributed by atoms with E-state index in [2.05, 4.69) is 10.0 Å². The summed E-state index contributed by atoms with van der Waals surface area (Å²) in [7, 11) is -3.37. The van der Waals surface area contributed by atoms with Crippen LogP contribution in [0.5, 0.6) is 0 Å². The van der Waals surface area contributed by atoms with Gasteiger partial charge >= 0.3 is 0 Å². The van der Waals surface area contributed by atoms with Crippen LogP contribution < -0.4 is 10.0 Å².